The molecule has 0 amide bonds. The van der Waals surface area contributed by atoms with Crippen molar-refractivity contribution < 1.29 is 27.9 Å². The second-order valence-corrected chi connectivity index (χ2v) is 12.0. The number of aromatic nitrogens is 4. The molecule has 15 heteroatoms. The van der Waals surface area contributed by atoms with E-state index in [1.54, 1.807) is 47.8 Å². The van der Waals surface area contributed by atoms with Gasteiger partial charge in [0, 0.05) is 20.6 Å². The predicted molar refractivity (Wildman–Crippen MR) is 163 cm³/mol. The van der Waals surface area contributed by atoms with Crippen LogP contribution in [0.25, 0.3) is 11.2 Å². The number of benzene rings is 2. The average molecular weight is 624 g/mol. The summed E-state index contributed by atoms with van der Waals surface area (Å²) < 4.78 is 40.4. The maximum Gasteiger partial charge on any atom is 0.462 e. The fraction of sp³-hybridized carbons (Fsp3) is 0.345. The van der Waals surface area contributed by atoms with Crippen LogP contribution in [0.5, 0.6) is 5.75 Å². The van der Waals surface area contributed by atoms with Crippen LogP contribution in [0.2, 0.25) is 0 Å². The highest BCUT2D eigenvalue weighted by Gasteiger charge is 2.46. The van der Waals surface area contributed by atoms with Crippen molar-refractivity contribution in [3.05, 3.63) is 82.9 Å². The van der Waals surface area contributed by atoms with Gasteiger partial charge in [-0.15, -0.1) is 0 Å². The highest BCUT2D eigenvalue weighted by atomic mass is 31.2. The van der Waals surface area contributed by atoms with Gasteiger partial charge in [0.05, 0.1) is 25.9 Å². The Morgan fingerprint density at radius 2 is 1.89 bits per heavy atom. The highest BCUT2D eigenvalue weighted by molar-refractivity contribution is 7.51. The lowest BCUT2D eigenvalue weighted by Gasteiger charge is -2.30. The van der Waals surface area contributed by atoms with Gasteiger partial charge in [-0.05, 0) is 30.5 Å². The number of aromatic amines is 1. The van der Waals surface area contributed by atoms with Gasteiger partial charge < -0.3 is 18.9 Å². The van der Waals surface area contributed by atoms with Crippen LogP contribution >= 0.6 is 7.75 Å². The standard InChI is InChI=1S/C29H34N7O7P/c1-34(2)19-31-29-32-26-25(27(37)33-29)30-20-35(26)21-40-16-17-42-44(39,43-23-12-7-4-8-13-23)36-15-9-14-24(36)28(38)41-18-22-10-5-3-6-11-22/h3-8,10-13,19-20,24H,9,14-18,21H2,1-2H3,(H,32,33,37)/t24-,44?/m0/s1. The van der Waals surface area contributed by atoms with Crippen molar-refractivity contribution in [1.29, 1.82) is 0 Å². The van der Waals surface area contributed by atoms with E-state index in [0.29, 0.717) is 30.8 Å². The van der Waals surface area contributed by atoms with Gasteiger partial charge in [0.25, 0.3) is 5.56 Å². The molecule has 1 N–H and O–H groups in total. The third kappa shape index (κ3) is 7.77. The van der Waals surface area contributed by atoms with Crippen molar-refractivity contribution in [2.45, 2.75) is 32.2 Å². The van der Waals surface area contributed by atoms with E-state index in [1.807, 2.05) is 36.4 Å². The van der Waals surface area contributed by atoms with E-state index in [1.165, 1.54) is 17.3 Å². The van der Waals surface area contributed by atoms with Gasteiger partial charge in [0.15, 0.2) is 11.2 Å². The number of carbonyl (C=O) groups excluding carboxylic acids is 1. The molecule has 3 heterocycles. The van der Waals surface area contributed by atoms with Crippen LogP contribution < -0.4 is 10.1 Å². The molecule has 0 saturated carbocycles. The van der Waals surface area contributed by atoms with E-state index in [2.05, 4.69) is 19.9 Å². The van der Waals surface area contributed by atoms with Crippen molar-refractivity contribution in [1.82, 2.24) is 29.1 Å². The average Bonchev–Trinajstić information content (AvgIpc) is 3.68. The van der Waals surface area contributed by atoms with Gasteiger partial charge in [-0.1, -0.05) is 48.5 Å². The molecule has 0 aliphatic carbocycles. The topological polar surface area (TPSA) is 153 Å². The van der Waals surface area contributed by atoms with Crippen LogP contribution in [0.4, 0.5) is 5.95 Å². The Morgan fingerprint density at radius 1 is 1.14 bits per heavy atom. The molecular formula is C29H34N7O7P. The Labute approximate surface area is 253 Å². The van der Waals surface area contributed by atoms with Gasteiger partial charge >= 0.3 is 13.7 Å². The van der Waals surface area contributed by atoms with Gasteiger partial charge in [-0.25, -0.2) is 14.5 Å². The second-order valence-electron chi connectivity index (χ2n) is 10.1. The Hall–Kier alpha value is -4.36. The number of carbonyl (C=O) groups is 1. The Kier molecular flexibility index (Phi) is 10.2. The number of esters is 1. The van der Waals surface area contributed by atoms with Gasteiger partial charge in [-0.3, -0.25) is 23.7 Å². The lowest BCUT2D eigenvalue weighted by molar-refractivity contribution is -0.149. The number of fused-ring (bicyclic) bond motifs is 1. The lowest BCUT2D eigenvalue weighted by Crippen LogP contribution is -2.37. The number of aliphatic imine (C=N–C) groups is 1. The minimum atomic E-state index is -4.01. The molecule has 44 heavy (non-hydrogen) atoms. The minimum Gasteiger partial charge on any atom is -0.460 e. The Morgan fingerprint density at radius 3 is 2.64 bits per heavy atom. The van der Waals surface area contributed by atoms with Crippen LogP contribution in [0.3, 0.4) is 0 Å². The number of nitrogens with one attached hydrogen (secondary N) is 1. The van der Waals surface area contributed by atoms with Gasteiger partial charge in [0.2, 0.25) is 5.95 Å². The quantitative estimate of drug-likeness (QED) is 0.0719. The predicted octanol–water partition coefficient (Wildman–Crippen LogP) is 3.73. The van der Waals surface area contributed by atoms with E-state index in [9.17, 15) is 14.2 Å². The van der Waals surface area contributed by atoms with Crippen molar-refractivity contribution in [2.75, 3.05) is 33.9 Å². The summed E-state index contributed by atoms with van der Waals surface area (Å²) in [5.74, 6) is -0.0245. The zero-order valence-electron chi connectivity index (χ0n) is 24.4. The number of hydrogen-bond acceptors (Lipinski definition) is 10. The van der Waals surface area contributed by atoms with Crippen LogP contribution in [-0.4, -0.2) is 81.3 Å². The second kappa shape index (κ2) is 14.4. The van der Waals surface area contributed by atoms with E-state index in [0.717, 1.165) is 5.56 Å². The molecule has 4 aromatic rings. The van der Waals surface area contributed by atoms with Crippen molar-refractivity contribution in [2.24, 2.45) is 4.99 Å². The fourth-order valence-electron chi connectivity index (χ4n) is 4.52. The van der Waals surface area contributed by atoms with Crippen LogP contribution in [0.1, 0.15) is 18.4 Å². The summed E-state index contributed by atoms with van der Waals surface area (Å²) in [6.07, 6.45) is 4.03. The molecule has 1 unspecified atom stereocenters. The lowest BCUT2D eigenvalue weighted by atomic mass is 10.2. The summed E-state index contributed by atoms with van der Waals surface area (Å²) in [6, 6.07) is 17.2. The van der Waals surface area contributed by atoms with Crippen LogP contribution in [0, 0.1) is 0 Å². The van der Waals surface area contributed by atoms with Crippen LogP contribution in [-0.2, 0) is 36.7 Å². The maximum absolute atomic E-state index is 14.3. The molecule has 5 rings (SSSR count). The molecule has 0 bridgehead atoms. The molecular weight excluding hydrogens is 589 g/mol. The molecule has 232 valence electrons. The number of H-pyrrole nitrogens is 1. The number of hydrogen-bond donors (Lipinski definition) is 1. The number of nitrogens with zero attached hydrogens (tertiary/aromatic N) is 6. The summed E-state index contributed by atoms with van der Waals surface area (Å²) in [4.78, 5) is 42.4. The Balaban J connectivity index is 1.23. The molecule has 0 spiro atoms. The molecule has 1 fully saturated rings. The summed E-state index contributed by atoms with van der Waals surface area (Å²) in [5.41, 5.74) is 0.871. The zero-order chi connectivity index (χ0) is 30.9. The first-order valence-electron chi connectivity index (χ1n) is 14.0. The molecule has 0 radical (unpaired) electrons. The minimum absolute atomic E-state index is 0.00482. The first kappa shape index (κ1) is 31.1. The third-order valence-corrected chi connectivity index (χ3v) is 8.64. The summed E-state index contributed by atoms with van der Waals surface area (Å²) >= 11 is 0. The van der Waals surface area contributed by atoms with E-state index in [4.69, 9.17) is 18.5 Å². The van der Waals surface area contributed by atoms with Gasteiger partial charge in [-0.2, -0.15) is 9.65 Å². The first-order valence-corrected chi connectivity index (χ1v) is 15.5. The van der Waals surface area contributed by atoms with E-state index >= 15 is 0 Å². The molecule has 2 aromatic carbocycles. The van der Waals surface area contributed by atoms with Crippen molar-refractivity contribution in [3.63, 3.8) is 0 Å². The van der Waals surface area contributed by atoms with Crippen LogP contribution in [0.15, 0.2) is 76.8 Å². The van der Waals surface area contributed by atoms with Crippen molar-refractivity contribution in [3.8, 4) is 5.75 Å². The molecule has 2 aromatic heterocycles. The largest absolute Gasteiger partial charge is 0.462 e. The SMILES string of the molecule is CN(C)C=Nc1nc2c(ncn2COCCOP(=O)(Oc2ccccc2)N2CCC[C@H]2C(=O)OCc2ccccc2)c(=O)[nH]1. The summed E-state index contributed by atoms with van der Waals surface area (Å²) in [5, 5.41) is 0. The molecule has 14 nitrogen and oxygen atoms in total. The van der Waals surface area contributed by atoms with Gasteiger partial charge in [0.1, 0.15) is 25.1 Å². The number of rotatable bonds is 14. The summed E-state index contributed by atoms with van der Waals surface area (Å²) in [6.45, 7) is 0.347. The van der Waals surface area contributed by atoms with E-state index in [-0.39, 0.29) is 38.0 Å². The Bertz CT molecular complexity index is 1680. The third-order valence-electron chi connectivity index (χ3n) is 6.58. The fourth-order valence-corrected chi connectivity index (χ4v) is 6.46. The molecule has 1 aliphatic rings. The van der Waals surface area contributed by atoms with Crippen molar-refractivity contribution >= 4 is 37.2 Å². The number of para-hydroxylation sites is 1. The van der Waals surface area contributed by atoms with E-state index < -0.39 is 25.3 Å². The highest BCUT2D eigenvalue weighted by Crippen LogP contribution is 2.55. The molecule has 1 saturated heterocycles. The monoisotopic (exact) mass is 623 g/mol. The maximum atomic E-state index is 14.3. The zero-order valence-corrected chi connectivity index (χ0v) is 25.3. The number of ether oxygens (including phenoxy) is 2. The smallest absolute Gasteiger partial charge is 0.460 e. The number of imidazole rings is 1. The normalized spacial score (nSPS) is 16.7. The molecule has 2 atom stereocenters. The molecule has 1 aliphatic heterocycles. The first-order chi connectivity index (χ1) is 21.3. The summed E-state index contributed by atoms with van der Waals surface area (Å²) in [7, 11) is -0.413.